The van der Waals surface area contributed by atoms with E-state index in [-0.39, 0.29) is 24.0 Å². The average molecular weight is 347 g/mol. The van der Waals surface area contributed by atoms with Gasteiger partial charge in [0.1, 0.15) is 0 Å². The molecule has 0 aromatic carbocycles. The van der Waals surface area contributed by atoms with E-state index in [4.69, 9.17) is 4.74 Å². The van der Waals surface area contributed by atoms with E-state index in [9.17, 15) is 14.4 Å². The van der Waals surface area contributed by atoms with Crippen LogP contribution in [0.15, 0.2) is 24.5 Å². The number of carbonyl (C=O) groups excluding carboxylic acids is 3. The molecule has 2 rings (SSSR count). The van der Waals surface area contributed by atoms with Crippen LogP contribution in [0.25, 0.3) is 0 Å². The molecule has 0 atom stereocenters. The van der Waals surface area contributed by atoms with Gasteiger partial charge in [0.05, 0.1) is 16.8 Å². The summed E-state index contributed by atoms with van der Waals surface area (Å²) in [5.74, 6) is -1.05. The van der Waals surface area contributed by atoms with Gasteiger partial charge in [-0.3, -0.25) is 14.6 Å². The average Bonchev–Trinajstić information content (AvgIpc) is 3.01. The molecule has 0 aliphatic heterocycles. The fraction of sp³-hybridized carbons (Fsp3) is 0.312. The molecule has 126 valence electrons. The summed E-state index contributed by atoms with van der Waals surface area (Å²) >= 11 is 1.32. The molecular weight excluding hydrogens is 330 g/mol. The van der Waals surface area contributed by atoms with Gasteiger partial charge in [-0.1, -0.05) is 0 Å². The molecule has 24 heavy (non-hydrogen) atoms. The smallest absolute Gasteiger partial charge is 0.358 e. The Labute approximate surface area is 143 Å². The van der Waals surface area contributed by atoms with Crippen LogP contribution in [0.4, 0.5) is 0 Å². The summed E-state index contributed by atoms with van der Waals surface area (Å²) in [5, 5.41) is 2.70. The Morgan fingerprint density at radius 3 is 2.67 bits per heavy atom. The van der Waals surface area contributed by atoms with Gasteiger partial charge in [0, 0.05) is 24.5 Å². The molecule has 0 unspecified atom stereocenters. The zero-order valence-electron chi connectivity index (χ0n) is 13.4. The first kappa shape index (κ1) is 17.7. The van der Waals surface area contributed by atoms with Crippen LogP contribution in [-0.2, 0) is 16.0 Å². The maximum absolute atomic E-state index is 12.1. The summed E-state index contributed by atoms with van der Waals surface area (Å²) in [6.45, 7) is 3.38. The van der Waals surface area contributed by atoms with Crippen molar-refractivity contribution in [1.82, 2.24) is 15.3 Å². The van der Waals surface area contributed by atoms with Crippen LogP contribution in [0.1, 0.15) is 37.7 Å². The highest BCUT2D eigenvalue weighted by molar-refractivity contribution is 7.14. The first-order chi connectivity index (χ1) is 11.5. The summed E-state index contributed by atoms with van der Waals surface area (Å²) < 4.78 is 4.96. The van der Waals surface area contributed by atoms with E-state index in [1.807, 2.05) is 6.07 Å². The lowest BCUT2D eigenvalue weighted by atomic mass is 10.3. The van der Waals surface area contributed by atoms with Crippen LogP contribution in [-0.4, -0.2) is 40.8 Å². The zero-order chi connectivity index (χ0) is 17.5. The Balaban J connectivity index is 1.84. The Bertz CT molecular complexity index is 740. The lowest BCUT2D eigenvalue weighted by Crippen LogP contribution is -2.22. The van der Waals surface area contributed by atoms with Crippen molar-refractivity contribution in [2.75, 3.05) is 13.2 Å². The number of ketones is 1. The lowest BCUT2D eigenvalue weighted by molar-refractivity contribution is -0.118. The molecule has 0 bridgehead atoms. The molecule has 2 heterocycles. The van der Waals surface area contributed by atoms with Gasteiger partial charge in [-0.15, -0.1) is 11.3 Å². The fourth-order valence-corrected chi connectivity index (χ4v) is 2.73. The van der Waals surface area contributed by atoms with Crippen LogP contribution in [0, 0.1) is 6.92 Å². The van der Waals surface area contributed by atoms with Crippen LogP contribution in [0.2, 0.25) is 0 Å². The van der Waals surface area contributed by atoms with Crippen molar-refractivity contribution >= 4 is 29.0 Å². The van der Waals surface area contributed by atoms with Crippen LogP contribution in [0.5, 0.6) is 0 Å². The van der Waals surface area contributed by atoms with E-state index in [1.165, 1.54) is 30.7 Å². The normalized spacial score (nSPS) is 10.2. The Kier molecular flexibility index (Phi) is 6.14. The predicted octanol–water partition coefficient (Wildman–Crippen LogP) is 1.56. The number of rotatable bonds is 7. The van der Waals surface area contributed by atoms with Crippen molar-refractivity contribution in [2.24, 2.45) is 0 Å². The highest BCUT2D eigenvalue weighted by Gasteiger charge is 2.15. The number of ether oxygens (including phenoxy) is 1. The third-order valence-electron chi connectivity index (χ3n) is 3.01. The van der Waals surface area contributed by atoms with E-state index in [1.54, 1.807) is 13.0 Å². The predicted molar refractivity (Wildman–Crippen MR) is 88.1 cm³/mol. The molecule has 8 heteroatoms. The van der Waals surface area contributed by atoms with Gasteiger partial charge >= 0.3 is 5.97 Å². The van der Waals surface area contributed by atoms with Crippen LogP contribution in [0.3, 0.4) is 0 Å². The maximum Gasteiger partial charge on any atom is 0.358 e. The Morgan fingerprint density at radius 1 is 1.21 bits per heavy atom. The molecule has 0 aliphatic carbocycles. The standard InChI is InChI=1S/C16H17N3O4S/c1-10-7-19-13(8-18-10)16(22)23-9-14(21)15-4-3-12(24-15)5-6-17-11(2)20/h3-4,7-8H,5-6,9H2,1-2H3,(H,17,20). The number of thiophene rings is 1. The van der Waals surface area contributed by atoms with Crippen molar-refractivity contribution in [2.45, 2.75) is 20.3 Å². The first-order valence-corrected chi connectivity index (χ1v) is 8.09. The van der Waals surface area contributed by atoms with E-state index in [0.29, 0.717) is 23.5 Å². The minimum Gasteiger partial charge on any atom is -0.452 e. The summed E-state index contributed by atoms with van der Waals surface area (Å²) in [6, 6.07) is 3.52. The second kappa shape index (κ2) is 8.30. The molecule has 0 spiro atoms. The molecule has 1 N–H and O–H groups in total. The molecule has 7 nitrogen and oxygen atoms in total. The van der Waals surface area contributed by atoms with Crippen LogP contribution >= 0.6 is 11.3 Å². The molecular formula is C16H17N3O4S. The largest absolute Gasteiger partial charge is 0.452 e. The van der Waals surface area contributed by atoms with Gasteiger partial charge in [0.2, 0.25) is 11.7 Å². The number of hydrogen-bond donors (Lipinski definition) is 1. The summed E-state index contributed by atoms with van der Waals surface area (Å²) in [5.41, 5.74) is 0.753. The van der Waals surface area contributed by atoms with Crippen molar-refractivity contribution in [3.8, 4) is 0 Å². The van der Waals surface area contributed by atoms with Gasteiger partial charge in [-0.25, -0.2) is 9.78 Å². The quantitative estimate of drug-likeness (QED) is 0.603. The fourth-order valence-electron chi connectivity index (χ4n) is 1.80. The van der Waals surface area contributed by atoms with Crippen molar-refractivity contribution < 1.29 is 19.1 Å². The summed E-state index contributed by atoms with van der Waals surface area (Å²) in [6.07, 6.45) is 3.42. The number of esters is 1. The van der Waals surface area contributed by atoms with Crippen molar-refractivity contribution in [3.63, 3.8) is 0 Å². The molecule has 1 amide bonds. The van der Waals surface area contributed by atoms with Gasteiger partial charge in [0.25, 0.3) is 0 Å². The minimum atomic E-state index is -0.682. The van der Waals surface area contributed by atoms with E-state index >= 15 is 0 Å². The second-order valence-corrected chi connectivity index (χ2v) is 6.21. The van der Waals surface area contributed by atoms with Gasteiger partial charge in [-0.05, 0) is 25.5 Å². The SMILES string of the molecule is CC(=O)NCCc1ccc(C(=O)COC(=O)c2cnc(C)cn2)s1. The number of carbonyl (C=O) groups is 3. The third kappa shape index (κ3) is 5.24. The van der Waals surface area contributed by atoms with E-state index in [0.717, 1.165) is 4.88 Å². The van der Waals surface area contributed by atoms with E-state index < -0.39 is 5.97 Å². The first-order valence-electron chi connectivity index (χ1n) is 7.28. The molecule has 0 radical (unpaired) electrons. The molecule has 0 saturated carbocycles. The van der Waals surface area contributed by atoms with Crippen LogP contribution < -0.4 is 5.32 Å². The van der Waals surface area contributed by atoms with E-state index in [2.05, 4.69) is 15.3 Å². The molecule has 2 aromatic heterocycles. The Hall–Kier alpha value is -2.61. The topological polar surface area (TPSA) is 98.2 Å². The number of aromatic nitrogens is 2. The van der Waals surface area contributed by atoms with Crippen molar-refractivity contribution in [1.29, 1.82) is 0 Å². The second-order valence-electron chi connectivity index (χ2n) is 5.04. The molecule has 0 saturated heterocycles. The van der Waals surface area contributed by atoms with Gasteiger partial charge in [-0.2, -0.15) is 0 Å². The van der Waals surface area contributed by atoms with Crippen molar-refractivity contribution in [3.05, 3.63) is 45.7 Å². The van der Waals surface area contributed by atoms with Gasteiger partial charge < -0.3 is 10.1 Å². The minimum absolute atomic E-state index is 0.0653. The number of nitrogens with one attached hydrogen (secondary N) is 1. The number of aryl methyl sites for hydroxylation is 1. The number of hydrogen-bond acceptors (Lipinski definition) is 7. The lowest BCUT2D eigenvalue weighted by Gasteiger charge is -2.02. The molecule has 0 aliphatic rings. The molecule has 2 aromatic rings. The monoisotopic (exact) mass is 347 g/mol. The zero-order valence-corrected chi connectivity index (χ0v) is 14.2. The summed E-state index contributed by atoms with van der Waals surface area (Å²) in [4.78, 5) is 44.0. The Morgan fingerprint density at radius 2 is 2.00 bits per heavy atom. The highest BCUT2D eigenvalue weighted by atomic mass is 32.1. The highest BCUT2D eigenvalue weighted by Crippen LogP contribution is 2.17. The van der Waals surface area contributed by atoms with Gasteiger partial charge in [0.15, 0.2) is 12.3 Å². The number of nitrogens with zero attached hydrogens (tertiary/aromatic N) is 2. The number of Topliss-reactive ketones (excluding diaryl/α,β-unsaturated/α-hetero) is 1. The maximum atomic E-state index is 12.1. The third-order valence-corrected chi connectivity index (χ3v) is 4.19. The summed E-state index contributed by atoms with van der Waals surface area (Å²) in [7, 11) is 0. The number of amides is 1. The molecule has 0 fully saturated rings.